The standard InChI is InChI=1S/C16H24N4O2/c1-3-19(4-2)15-7-5-14(6-8-15)17-16(22)20-11-9-18(13-21)10-12-20/h5-8,13H,3-4,9-12H2,1-2H3,(H,17,22). The van der Waals surface area contributed by atoms with E-state index in [1.165, 1.54) is 0 Å². The summed E-state index contributed by atoms with van der Waals surface area (Å²) < 4.78 is 0. The van der Waals surface area contributed by atoms with Crippen LogP contribution in [0.2, 0.25) is 0 Å². The highest BCUT2D eigenvalue weighted by molar-refractivity contribution is 5.89. The van der Waals surface area contributed by atoms with Crippen molar-refractivity contribution < 1.29 is 9.59 Å². The van der Waals surface area contributed by atoms with E-state index in [1.54, 1.807) is 9.80 Å². The van der Waals surface area contributed by atoms with Gasteiger partial charge in [-0.05, 0) is 38.1 Å². The van der Waals surface area contributed by atoms with Gasteiger partial charge in [0.2, 0.25) is 6.41 Å². The van der Waals surface area contributed by atoms with E-state index in [0.29, 0.717) is 26.2 Å². The molecule has 0 unspecified atom stereocenters. The SMILES string of the molecule is CCN(CC)c1ccc(NC(=O)N2CCN(C=O)CC2)cc1. The Balaban J connectivity index is 1.90. The Labute approximate surface area is 131 Å². The van der Waals surface area contributed by atoms with Gasteiger partial charge in [0, 0.05) is 50.6 Å². The van der Waals surface area contributed by atoms with Gasteiger partial charge < -0.3 is 20.0 Å². The second-order valence-electron chi connectivity index (χ2n) is 5.28. The molecule has 1 saturated heterocycles. The van der Waals surface area contributed by atoms with Crippen molar-refractivity contribution in [3.63, 3.8) is 0 Å². The lowest BCUT2D eigenvalue weighted by molar-refractivity contribution is -0.119. The first kappa shape index (κ1) is 16.1. The van der Waals surface area contributed by atoms with Gasteiger partial charge in [-0.15, -0.1) is 0 Å². The summed E-state index contributed by atoms with van der Waals surface area (Å²) in [6.07, 6.45) is 0.835. The van der Waals surface area contributed by atoms with E-state index in [9.17, 15) is 9.59 Å². The quantitative estimate of drug-likeness (QED) is 0.845. The molecule has 0 aliphatic carbocycles. The van der Waals surface area contributed by atoms with Crippen LogP contribution in [-0.2, 0) is 4.79 Å². The highest BCUT2D eigenvalue weighted by atomic mass is 16.2. The number of nitrogens with zero attached hydrogens (tertiary/aromatic N) is 3. The zero-order chi connectivity index (χ0) is 15.9. The minimum Gasteiger partial charge on any atom is -0.372 e. The lowest BCUT2D eigenvalue weighted by Crippen LogP contribution is -2.49. The van der Waals surface area contributed by atoms with Crippen molar-refractivity contribution in [1.82, 2.24) is 9.80 Å². The van der Waals surface area contributed by atoms with Crippen LogP contribution >= 0.6 is 0 Å². The summed E-state index contributed by atoms with van der Waals surface area (Å²) in [5, 5.41) is 2.91. The summed E-state index contributed by atoms with van der Waals surface area (Å²) in [5.41, 5.74) is 1.95. The average molecular weight is 304 g/mol. The molecule has 22 heavy (non-hydrogen) atoms. The van der Waals surface area contributed by atoms with Gasteiger partial charge >= 0.3 is 6.03 Å². The average Bonchev–Trinajstić information content (AvgIpc) is 2.57. The van der Waals surface area contributed by atoms with Crippen molar-refractivity contribution in [2.24, 2.45) is 0 Å². The van der Waals surface area contributed by atoms with Crippen molar-refractivity contribution >= 4 is 23.8 Å². The third-order valence-corrected chi connectivity index (χ3v) is 4.00. The number of urea groups is 1. The van der Waals surface area contributed by atoms with E-state index in [-0.39, 0.29) is 6.03 Å². The Morgan fingerprint density at radius 3 is 2.23 bits per heavy atom. The lowest BCUT2D eigenvalue weighted by atomic mass is 10.2. The fourth-order valence-corrected chi connectivity index (χ4v) is 2.58. The van der Waals surface area contributed by atoms with Gasteiger partial charge in [0.1, 0.15) is 0 Å². The van der Waals surface area contributed by atoms with Crippen molar-refractivity contribution in [1.29, 1.82) is 0 Å². The molecule has 1 aromatic carbocycles. The maximum absolute atomic E-state index is 12.2. The van der Waals surface area contributed by atoms with Crippen LogP contribution in [0.15, 0.2) is 24.3 Å². The highest BCUT2D eigenvalue weighted by Gasteiger charge is 2.20. The zero-order valence-electron chi connectivity index (χ0n) is 13.3. The van der Waals surface area contributed by atoms with Crippen molar-refractivity contribution in [3.05, 3.63) is 24.3 Å². The molecule has 1 heterocycles. The normalized spacial score (nSPS) is 14.6. The van der Waals surface area contributed by atoms with Gasteiger partial charge in [0.25, 0.3) is 0 Å². The monoisotopic (exact) mass is 304 g/mol. The number of amides is 3. The molecule has 3 amide bonds. The Morgan fingerprint density at radius 2 is 1.73 bits per heavy atom. The second-order valence-corrected chi connectivity index (χ2v) is 5.28. The number of rotatable bonds is 5. The minimum absolute atomic E-state index is 0.110. The van der Waals surface area contributed by atoms with Crippen LogP contribution in [0, 0.1) is 0 Å². The fourth-order valence-electron chi connectivity index (χ4n) is 2.58. The summed E-state index contributed by atoms with van der Waals surface area (Å²) in [7, 11) is 0. The van der Waals surface area contributed by atoms with Crippen molar-refractivity contribution in [2.45, 2.75) is 13.8 Å². The van der Waals surface area contributed by atoms with E-state index in [4.69, 9.17) is 0 Å². The molecule has 1 aromatic rings. The van der Waals surface area contributed by atoms with E-state index in [2.05, 4.69) is 24.1 Å². The van der Waals surface area contributed by atoms with Gasteiger partial charge in [-0.25, -0.2) is 4.79 Å². The first-order valence-corrected chi connectivity index (χ1v) is 7.78. The van der Waals surface area contributed by atoms with Gasteiger partial charge in [0.05, 0.1) is 0 Å². The highest BCUT2D eigenvalue weighted by Crippen LogP contribution is 2.18. The van der Waals surface area contributed by atoms with Crippen LogP contribution in [0.3, 0.4) is 0 Å². The molecule has 0 bridgehead atoms. The van der Waals surface area contributed by atoms with Gasteiger partial charge in [0.15, 0.2) is 0 Å². The molecule has 6 nitrogen and oxygen atoms in total. The van der Waals surface area contributed by atoms with Crippen LogP contribution in [0.5, 0.6) is 0 Å². The number of carbonyl (C=O) groups excluding carboxylic acids is 2. The van der Waals surface area contributed by atoms with E-state index < -0.39 is 0 Å². The third-order valence-electron chi connectivity index (χ3n) is 4.00. The topological polar surface area (TPSA) is 55.9 Å². The van der Waals surface area contributed by atoms with E-state index in [1.807, 2.05) is 24.3 Å². The van der Waals surface area contributed by atoms with Gasteiger partial charge in [-0.3, -0.25) is 4.79 Å². The Bertz CT molecular complexity index is 491. The first-order chi connectivity index (χ1) is 10.7. The van der Waals surface area contributed by atoms with Crippen molar-refractivity contribution in [3.8, 4) is 0 Å². The molecule has 1 fully saturated rings. The van der Waals surface area contributed by atoms with Crippen LogP contribution in [0.1, 0.15) is 13.8 Å². The minimum atomic E-state index is -0.110. The largest absolute Gasteiger partial charge is 0.372 e. The molecule has 0 saturated carbocycles. The number of piperazine rings is 1. The Morgan fingerprint density at radius 1 is 1.14 bits per heavy atom. The molecule has 0 spiro atoms. The number of anilines is 2. The summed E-state index contributed by atoms with van der Waals surface area (Å²) in [6.45, 7) is 8.50. The third kappa shape index (κ3) is 3.90. The van der Waals surface area contributed by atoms with Gasteiger partial charge in [-0.1, -0.05) is 0 Å². The molecule has 0 atom stereocenters. The molecule has 1 aliphatic rings. The first-order valence-electron chi connectivity index (χ1n) is 7.78. The molecular weight excluding hydrogens is 280 g/mol. The molecular formula is C16H24N4O2. The smallest absolute Gasteiger partial charge is 0.321 e. The maximum atomic E-state index is 12.2. The summed E-state index contributed by atoms with van der Waals surface area (Å²) in [5.74, 6) is 0. The number of carbonyl (C=O) groups is 2. The Kier molecular flexibility index (Phi) is 5.63. The van der Waals surface area contributed by atoms with Gasteiger partial charge in [-0.2, -0.15) is 0 Å². The Hall–Kier alpha value is -2.24. The predicted octanol–water partition coefficient (Wildman–Crippen LogP) is 1.84. The molecule has 1 aliphatic heterocycles. The van der Waals surface area contributed by atoms with Crippen molar-refractivity contribution in [2.75, 3.05) is 49.5 Å². The summed E-state index contributed by atoms with van der Waals surface area (Å²) >= 11 is 0. The van der Waals surface area contributed by atoms with Crippen LogP contribution in [0.25, 0.3) is 0 Å². The predicted molar refractivity (Wildman–Crippen MR) is 88.2 cm³/mol. The summed E-state index contributed by atoms with van der Waals surface area (Å²) in [4.78, 5) is 28.5. The van der Waals surface area contributed by atoms with E-state index in [0.717, 1.165) is 30.9 Å². The maximum Gasteiger partial charge on any atom is 0.321 e. The van der Waals surface area contributed by atoms with Crippen LogP contribution in [0.4, 0.5) is 16.2 Å². The molecule has 0 radical (unpaired) electrons. The molecule has 0 aromatic heterocycles. The molecule has 120 valence electrons. The molecule has 6 heteroatoms. The fraction of sp³-hybridized carbons (Fsp3) is 0.500. The number of hydrogen-bond acceptors (Lipinski definition) is 3. The number of hydrogen-bond donors (Lipinski definition) is 1. The molecule has 1 N–H and O–H groups in total. The summed E-state index contributed by atoms with van der Waals surface area (Å²) in [6, 6.07) is 7.78. The number of nitrogens with one attached hydrogen (secondary N) is 1. The van der Waals surface area contributed by atoms with Crippen LogP contribution < -0.4 is 10.2 Å². The second kappa shape index (κ2) is 7.68. The zero-order valence-corrected chi connectivity index (χ0v) is 13.3. The molecule has 2 rings (SSSR count). The van der Waals surface area contributed by atoms with E-state index >= 15 is 0 Å². The van der Waals surface area contributed by atoms with Crippen LogP contribution in [-0.4, -0.2) is 61.5 Å². The lowest BCUT2D eigenvalue weighted by Gasteiger charge is -2.32. The number of benzene rings is 1.